The number of nitrogens with zero attached hydrogens (tertiary/aromatic N) is 2. The number of rotatable bonds is 3. The number of carbonyl (C=O) groups excluding carboxylic acids is 1. The number of benzene rings is 2. The number of oxazole rings is 1. The molecule has 0 saturated carbocycles. The molecule has 2 N–H and O–H groups in total. The zero-order chi connectivity index (χ0) is 14.9. The summed E-state index contributed by atoms with van der Waals surface area (Å²) in [6.45, 7) is 0.247. The van der Waals surface area contributed by atoms with Crippen LogP contribution in [0.4, 0.5) is 0 Å². The maximum atomic E-state index is 12.2. The van der Waals surface area contributed by atoms with Crippen LogP contribution in [0.15, 0.2) is 53.1 Å². The summed E-state index contributed by atoms with van der Waals surface area (Å²) in [7, 11) is 0. The highest BCUT2D eigenvalue weighted by atomic mass is 16.3. The second kappa shape index (κ2) is 5.00. The number of H-pyrrole nitrogens is 1. The molecule has 0 spiro atoms. The molecule has 108 valence electrons. The Bertz CT molecular complexity index is 937. The van der Waals surface area contributed by atoms with Crippen LogP contribution in [-0.2, 0) is 6.54 Å². The van der Waals surface area contributed by atoms with E-state index in [0.29, 0.717) is 17.0 Å². The molecule has 0 radical (unpaired) electrons. The first-order valence-corrected chi connectivity index (χ1v) is 6.85. The zero-order valence-corrected chi connectivity index (χ0v) is 11.5. The molecule has 0 unspecified atom stereocenters. The van der Waals surface area contributed by atoms with Crippen LogP contribution in [0.3, 0.4) is 0 Å². The number of amides is 1. The fourth-order valence-corrected chi connectivity index (χ4v) is 2.34. The summed E-state index contributed by atoms with van der Waals surface area (Å²) < 4.78 is 5.57. The van der Waals surface area contributed by atoms with E-state index in [9.17, 15) is 4.79 Å². The Morgan fingerprint density at radius 1 is 1.23 bits per heavy atom. The Kier molecular flexibility index (Phi) is 2.86. The van der Waals surface area contributed by atoms with Crippen LogP contribution in [0.1, 0.15) is 16.2 Å². The van der Waals surface area contributed by atoms with Gasteiger partial charge in [-0.1, -0.05) is 12.1 Å². The van der Waals surface area contributed by atoms with Gasteiger partial charge in [-0.25, -0.2) is 4.98 Å². The molecular formula is C16H12N4O2. The molecule has 6 heteroatoms. The van der Waals surface area contributed by atoms with Crippen LogP contribution in [0, 0.1) is 0 Å². The molecule has 0 bridgehead atoms. The lowest BCUT2D eigenvalue weighted by Crippen LogP contribution is -2.22. The lowest BCUT2D eigenvalue weighted by atomic mass is 10.1. The summed E-state index contributed by atoms with van der Waals surface area (Å²) in [4.78, 5) is 16.5. The molecule has 0 aliphatic carbocycles. The molecule has 1 amide bonds. The Labute approximate surface area is 125 Å². The van der Waals surface area contributed by atoms with Crippen LogP contribution >= 0.6 is 0 Å². The molecule has 22 heavy (non-hydrogen) atoms. The van der Waals surface area contributed by atoms with Crippen LogP contribution in [0.2, 0.25) is 0 Å². The van der Waals surface area contributed by atoms with E-state index in [1.165, 1.54) is 0 Å². The van der Waals surface area contributed by atoms with E-state index >= 15 is 0 Å². The Morgan fingerprint density at radius 2 is 2.14 bits per heavy atom. The van der Waals surface area contributed by atoms with Crippen molar-refractivity contribution in [2.45, 2.75) is 6.54 Å². The third-order valence-electron chi connectivity index (χ3n) is 3.44. The van der Waals surface area contributed by atoms with Gasteiger partial charge in [-0.05, 0) is 30.3 Å². The lowest BCUT2D eigenvalue weighted by Gasteiger charge is -2.02. The average Bonchev–Trinajstić information content (AvgIpc) is 3.17. The molecule has 2 heterocycles. The fourth-order valence-electron chi connectivity index (χ4n) is 2.34. The number of hydrogen-bond acceptors (Lipinski definition) is 4. The molecular weight excluding hydrogens is 280 g/mol. The minimum atomic E-state index is -0.176. The van der Waals surface area contributed by atoms with E-state index in [1.807, 2.05) is 30.3 Å². The van der Waals surface area contributed by atoms with Gasteiger partial charge in [0.2, 0.25) is 5.89 Å². The predicted molar refractivity (Wildman–Crippen MR) is 81.3 cm³/mol. The van der Waals surface area contributed by atoms with Crippen molar-refractivity contribution in [2.75, 3.05) is 0 Å². The van der Waals surface area contributed by atoms with Crippen molar-refractivity contribution < 1.29 is 9.21 Å². The lowest BCUT2D eigenvalue weighted by molar-refractivity contribution is 0.0947. The van der Waals surface area contributed by atoms with Gasteiger partial charge in [0.05, 0.1) is 18.3 Å². The number of para-hydroxylation sites is 2. The molecule has 4 aromatic rings. The normalized spacial score (nSPS) is 11.1. The quantitative estimate of drug-likeness (QED) is 0.608. The summed E-state index contributed by atoms with van der Waals surface area (Å²) in [5.41, 5.74) is 2.97. The van der Waals surface area contributed by atoms with Crippen LogP contribution in [0.25, 0.3) is 22.0 Å². The van der Waals surface area contributed by atoms with Gasteiger partial charge in [-0.15, -0.1) is 0 Å². The van der Waals surface area contributed by atoms with Crippen molar-refractivity contribution in [1.82, 2.24) is 20.5 Å². The van der Waals surface area contributed by atoms with Crippen LogP contribution in [0.5, 0.6) is 0 Å². The van der Waals surface area contributed by atoms with Crippen LogP contribution in [-0.4, -0.2) is 21.1 Å². The standard InChI is InChI=1S/C16H12N4O2/c21-16(10-5-6-12-11(7-10)8-18-20-12)17-9-15-19-13-3-1-2-4-14(13)22-15/h1-8H,9H2,(H,17,21)(H,18,20). The van der Waals surface area contributed by atoms with Gasteiger partial charge in [0, 0.05) is 10.9 Å². The van der Waals surface area contributed by atoms with Gasteiger partial charge >= 0.3 is 0 Å². The molecule has 0 atom stereocenters. The number of nitrogens with one attached hydrogen (secondary N) is 2. The second-order valence-electron chi connectivity index (χ2n) is 4.93. The Morgan fingerprint density at radius 3 is 3.05 bits per heavy atom. The SMILES string of the molecule is O=C(NCc1nc2ccccc2o1)c1ccc2[nH]ncc2c1. The molecule has 0 fully saturated rings. The van der Waals surface area contributed by atoms with Gasteiger partial charge < -0.3 is 9.73 Å². The zero-order valence-electron chi connectivity index (χ0n) is 11.5. The monoisotopic (exact) mass is 292 g/mol. The van der Waals surface area contributed by atoms with E-state index in [0.717, 1.165) is 16.4 Å². The maximum absolute atomic E-state index is 12.2. The Balaban J connectivity index is 1.51. The molecule has 2 aromatic heterocycles. The smallest absolute Gasteiger partial charge is 0.251 e. The van der Waals surface area contributed by atoms with Gasteiger partial charge in [-0.3, -0.25) is 9.89 Å². The molecule has 0 saturated heterocycles. The van der Waals surface area contributed by atoms with Crippen molar-refractivity contribution in [3.63, 3.8) is 0 Å². The Hall–Kier alpha value is -3.15. The first kappa shape index (κ1) is 12.6. The first-order valence-electron chi connectivity index (χ1n) is 6.85. The number of carbonyl (C=O) groups is 1. The third-order valence-corrected chi connectivity index (χ3v) is 3.44. The summed E-state index contributed by atoms with van der Waals surface area (Å²) in [5, 5.41) is 10.5. The van der Waals surface area contributed by atoms with E-state index in [2.05, 4.69) is 20.5 Å². The summed E-state index contributed by atoms with van der Waals surface area (Å²) in [5.74, 6) is 0.310. The van der Waals surface area contributed by atoms with Gasteiger partial charge in [-0.2, -0.15) is 5.10 Å². The molecule has 0 aliphatic rings. The number of aromatic amines is 1. The van der Waals surface area contributed by atoms with Crippen molar-refractivity contribution >= 4 is 27.9 Å². The minimum absolute atomic E-state index is 0.176. The number of hydrogen-bond donors (Lipinski definition) is 2. The maximum Gasteiger partial charge on any atom is 0.251 e. The molecule has 2 aromatic carbocycles. The highest BCUT2D eigenvalue weighted by Crippen LogP contribution is 2.15. The summed E-state index contributed by atoms with van der Waals surface area (Å²) in [6.07, 6.45) is 1.69. The summed E-state index contributed by atoms with van der Waals surface area (Å²) in [6, 6.07) is 12.9. The first-order chi connectivity index (χ1) is 10.8. The number of aromatic nitrogens is 3. The second-order valence-corrected chi connectivity index (χ2v) is 4.93. The molecule has 6 nitrogen and oxygen atoms in total. The molecule has 4 rings (SSSR count). The van der Waals surface area contributed by atoms with Gasteiger partial charge in [0.25, 0.3) is 5.91 Å². The van der Waals surface area contributed by atoms with Crippen molar-refractivity contribution in [1.29, 1.82) is 0 Å². The molecule has 0 aliphatic heterocycles. The van der Waals surface area contributed by atoms with Crippen molar-refractivity contribution in [3.8, 4) is 0 Å². The number of fused-ring (bicyclic) bond motifs is 2. The highest BCUT2D eigenvalue weighted by Gasteiger charge is 2.10. The van der Waals surface area contributed by atoms with Crippen molar-refractivity contribution in [2.24, 2.45) is 0 Å². The topological polar surface area (TPSA) is 83.8 Å². The van der Waals surface area contributed by atoms with E-state index < -0.39 is 0 Å². The van der Waals surface area contributed by atoms with Gasteiger partial charge in [0.1, 0.15) is 5.52 Å². The van der Waals surface area contributed by atoms with Crippen LogP contribution < -0.4 is 5.32 Å². The third kappa shape index (κ3) is 2.20. The summed E-state index contributed by atoms with van der Waals surface area (Å²) >= 11 is 0. The van der Waals surface area contributed by atoms with E-state index in [-0.39, 0.29) is 12.5 Å². The van der Waals surface area contributed by atoms with Crippen molar-refractivity contribution in [3.05, 3.63) is 60.1 Å². The minimum Gasteiger partial charge on any atom is -0.439 e. The van der Waals surface area contributed by atoms with Gasteiger partial charge in [0.15, 0.2) is 5.58 Å². The average molecular weight is 292 g/mol. The largest absolute Gasteiger partial charge is 0.439 e. The van der Waals surface area contributed by atoms with E-state index in [4.69, 9.17) is 4.42 Å². The fraction of sp³-hybridized carbons (Fsp3) is 0.0625. The highest BCUT2D eigenvalue weighted by molar-refractivity contribution is 5.97. The van der Waals surface area contributed by atoms with E-state index in [1.54, 1.807) is 18.3 Å². The predicted octanol–water partition coefficient (Wildman–Crippen LogP) is 2.63.